The van der Waals surface area contributed by atoms with Gasteiger partial charge in [-0.2, -0.15) is 13.2 Å². The molecule has 0 N–H and O–H groups in total. The maximum atomic E-state index is 10.7. The minimum atomic E-state index is -6.09. The van der Waals surface area contributed by atoms with Crippen LogP contribution in [-0.4, -0.2) is 18.5 Å². The van der Waals surface area contributed by atoms with Crippen LogP contribution in [0.25, 0.3) is 0 Å². The molecular weight excluding hydrogens is 283 g/mol. The molecule has 0 aromatic carbocycles. The third-order valence-electron chi connectivity index (χ3n) is 2.09. The minimum Gasteiger partial charge on any atom is -0.741 e. The quantitative estimate of drug-likeness (QED) is 0.487. The van der Waals surface area contributed by atoms with Gasteiger partial charge in [-0.15, -0.1) is 0 Å². The molecule has 8 heteroatoms. The number of aryl methyl sites for hydroxylation is 2. The molecule has 0 radical (unpaired) electrons. The summed E-state index contributed by atoms with van der Waals surface area (Å²) in [4.78, 5) is 0. The van der Waals surface area contributed by atoms with Gasteiger partial charge in [0.15, 0.2) is 22.5 Å². The van der Waals surface area contributed by atoms with Gasteiger partial charge < -0.3 is 4.55 Å². The summed E-state index contributed by atoms with van der Waals surface area (Å²) in [5, 5.41) is 0. The van der Waals surface area contributed by atoms with E-state index in [9.17, 15) is 13.2 Å². The lowest BCUT2D eigenvalue weighted by Gasteiger charge is -2.08. The predicted molar refractivity (Wildman–Crippen MR) is 62.1 cm³/mol. The normalized spacial score (nSPS) is 11.7. The van der Waals surface area contributed by atoms with Gasteiger partial charge >= 0.3 is 5.51 Å². The molecular formula is C11H16F3NO3S. The second-order valence-electron chi connectivity index (χ2n) is 3.70. The molecule has 0 saturated heterocycles. The SMILES string of the molecule is CCC[n+]1cccc(CC)c1.O=S(=O)([O-])C(F)(F)F. The Kier molecular flexibility index (Phi) is 6.99. The molecule has 0 aliphatic carbocycles. The smallest absolute Gasteiger partial charge is 0.485 e. The highest BCUT2D eigenvalue weighted by Gasteiger charge is 2.36. The highest BCUT2D eigenvalue weighted by molar-refractivity contribution is 7.86. The zero-order chi connectivity index (χ0) is 15.1. The molecule has 4 nitrogen and oxygen atoms in total. The van der Waals surface area contributed by atoms with Gasteiger partial charge in [0.2, 0.25) is 0 Å². The van der Waals surface area contributed by atoms with E-state index in [0.29, 0.717) is 0 Å². The van der Waals surface area contributed by atoms with Crippen LogP contribution in [0.2, 0.25) is 0 Å². The molecule has 0 fully saturated rings. The number of nitrogens with zero attached hydrogens (tertiary/aromatic N) is 1. The van der Waals surface area contributed by atoms with Crippen molar-refractivity contribution in [2.24, 2.45) is 0 Å². The number of hydrogen-bond acceptors (Lipinski definition) is 3. The first kappa shape index (κ1) is 17.8. The van der Waals surface area contributed by atoms with E-state index in [4.69, 9.17) is 13.0 Å². The van der Waals surface area contributed by atoms with Crippen molar-refractivity contribution in [2.75, 3.05) is 0 Å². The Morgan fingerprint density at radius 1 is 1.32 bits per heavy atom. The van der Waals surface area contributed by atoms with Crippen LogP contribution < -0.4 is 4.57 Å². The number of halogens is 3. The van der Waals surface area contributed by atoms with Crippen LogP contribution in [0, 0.1) is 0 Å². The first-order chi connectivity index (χ1) is 8.61. The molecule has 0 aliphatic rings. The molecule has 1 aromatic rings. The number of pyridine rings is 1. The van der Waals surface area contributed by atoms with Crippen LogP contribution in [0.5, 0.6) is 0 Å². The second kappa shape index (κ2) is 7.44. The average molecular weight is 299 g/mol. The number of alkyl halides is 3. The Hall–Kier alpha value is -1.15. The van der Waals surface area contributed by atoms with Gasteiger partial charge in [0.1, 0.15) is 6.54 Å². The lowest BCUT2D eigenvalue weighted by atomic mass is 10.2. The highest BCUT2D eigenvalue weighted by Crippen LogP contribution is 2.20. The standard InChI is InChI=1S/C10H16N.CHF3O3S/c1-3-7-11-8-5-6-10(4-2)9-11;2-1(3,4)8(5,6)7/h5-6,8-9H,3-4,7H2,1-2H3;(H,5,6,7)/q+1;/p-1. The summed E-state index contributed by atoms with van der Waals surface area (Å²) in [5.41, 5.74) is -4.23. The summed E-state index contributed by atoms with van der Waals surface area (Å²) in [5.74, 6) is 0. The van der Waals surface area contributed by atoms with E-state index >= 15 is 0 Å². The van der Waals surface area contributed by atoms with E-state index in [2.05, 4.69) is 42.9 Å². The van der Waals surface area contributed by atoms with E-state index in [1.54, 1.807) is 0 Å². The van der Waals surface area contributed by atoms with Gasteiger partial charge in [-0.05, 0) is 12.5 Å². The van der Waals surface area contributed by atoms with Crippen LogP contribution >= 0.6 is 0 Å². The minimum absolute atomic E-state index is 1.13. The van der Waals surface area contributed by atoms with E-state index in [0.717, 1.165) is 13.0 Å². The molecule has 1 heterocycles. The van der Waals surface area contributed by atoms with Gasteiger partial charge in [-0.25, -0.2) is 13.0 Å². The van der Waals surface area contributed by atoms with Crippen molar-refractivity contribution >= 4 is 10.1 Å². The molecule has 0 bridgehead atoms. The summed E-state index contributed by atoms with van der Waals surface area (Å²) in [6, 6.07) is 4.29. The number of rotatable bonds is 3. The number of hydrogen-bond donors (Lipinski definition) is 0. The van der Waals surface area contributed by atoms with Crippen molar-refractivity contribution < 1.29 is 30.7 Å². The van der Waals surface area contributed by atoms with E-state index in [1.807, 2.05) is 0 Å². The van der Waals surface area contributed by atoms with Crippen molar-refractivity contribution in [3.05, 3.63) is 30.1 Å². The summed E-state index contributed by atoms with van der Waals surface area (Å²) >= 11 is 0. The summed E-state index contributed by atoms with van der Waals surface area (Å²) in [7, 11) is -6.09. The Labute approximate surface area is 110 Å². The van der Waals surface area contributed by atoms with Gasteiger partial charge in [0.25, 0.3) is 0 Å². The van der Waals surface area contributed by atoms with E-state index in [1.165, 1.54) is 12.0 Å². The lowest BCUT2D eigenvalue weighted by molar-refractivity contribution is -0.697. The van der Waals surface area contributed by atoms with Gasteiger partial charge in [0.05, 0.1) is 0 Å². The maximum absolute atomic E-state index is 10.7. The van der Waals surface area contributed by atoms with Crippen molar-refractivity contribution in [2.45, 2.75) is 38.7 Å². The molecule has 0 unspecified atom stereocenters. The molecule has 19 heavy (non-hydrogen) atoms. The van der Waals surface area contributed by atoms with Crippen molar-refractivity contribution in [3.63, 3.8) is 0 Å². The fourth-order valence-corrected chi connectivity index (χ4v) is 1.18. The second-order valence-corrected chi connectivity index (χ2v) is 5.07. The van der Waals surface area contributed by atoms with Gasteiger partial charge in [0, 0.05) is 18.1 Å². The molecule has 0 aliphatic heterocycles. The molecule has 0 atom stereocenters. The highest BCUT2D eigenvalue weighted by atomic mass is 32.2. The third kappa shape index (κ3) is 7.12. The molecule has 1 aromatic heterocycles. The molecule has 1 rings (SSSR count). The van der Waals surface area contributed by atoms with Crippen LogP contribution in [0.4, 0.5) is 13.2 Å². The van der Waals surface area contributed by atoms with Crippen LogP contribution in [-0.2, 0) is 23.1 Å². The monoisotopic (exact) mass is 299 g/mol. The average Bonchev–Trinajstić information content (AvgIpc) is 2.28. The zero-order valence-corrected chi connectivity index (χ0v) is 11.5. The fraction of sp³-hybridized carbons (Fsp3) is 0.545. The molecule has 0 spiro atoms. The fourth-order valence-electron chi connectivity index (χ4n) is 1.18. The maximum Gasteiger partial charge on any atom is 0.485 e. The van der Waals surface area contributed by atoms with Crippen molar-refractivity contribution in [3.8, 4) is 0 Å². The van der Waals surface area contributed by atoms with Crippen LogP contribution in [0.1, 0.15) is 25.8 Å². The third-order valence-corrected chi connectivity index (χ3v) is 2.66. The Morgan fingerprint density at radius 3 is 2.21 bits per heavy atom. The van der Waals surface area contributed by atoms with Crippen molar-refractivity contribution in [1.82, 2.24) is 0 Å². The predicted octanol–water partition coefficient (Wildman–Crippen LogP) is 2.00. The summed E-state index contributed by atoms with van der Waals surface area (Å²) in [6.07, 6.45) is 6.69. The van der Waals surface area contributed by atoms with E-state index in [-0.39, 0.29) is 0 Å². The Bertz CT molecular complexity index is 486. The largest absolute Gasteiger partial charge is 0.741 e. The Balaban J connectivity index is 0.000000362. The lowest BCUT2D eigenvalue weighted by Crippen LogP contribution is -2.32. The van der Waals surface area contributed by atoms with E-state index < -0.39 is 15.6 Å². The Morgan fingerprint density at radius 2 is 1.84 bits per heavy atom. The van der Waals surface area contributed by atoms with Gasteiger partial charge in [-0.1, -0.05) is 13.8 Å². The van der Waals surface area contributed by atoms with Crippen LogP contribution in [0.3, 0.4) is 0 Å². The summed E-state index contributed by atoms with van der Waals surface area (Å²) in [6.45, 7) is 5.52. The summed E-state index contributed by atoms with van der Waals surface area (Å²) < 4.78 is 61.2. The molecule has 0 amide bonds. The van der Waals surface area contributed by atoms with Crippen molar-refractivity contribution in [1.29, 1.82) is 0 Å². The number of aromatic nitrogens is 1. The topological polar surface area (TPSA) is 61.1 Å². The van der Waals surface area contributed by atoms with Gasteiger partial charge in [-0.3, -0.25) is 0 Å². The zero-order valence-electron chi connectivity index (χ0n) is 10.6. The van der Waals surface area contributed by atoms with Crippen LogP contribution in [0.15, 0.2) is 24.5 Å². The molecule has 0 saturated carbocycles. The first-order valence-corrected chi connectivity index (χ1v) is 7.02. The molecule has 110 valence electrons. The first-order valence-electron chi connectivity index (χ1n) is 5.62.